The van der Waals surface area contributed by atoms with Crippen LogP contribution in [-0.2, 0) is 15.6 Å². The maximum atomic E-state index is 13.1. The lowest BCUT2D eigenvalue weighted by atomic mass is 10.3. The highest BCUT2D eigenvalue weighted by Gasteiger charge is 2.29. The normalized spacial score (nSPS) is 18.1. The molecule has 0 radical (unpaired) electrons. The van der Waals surface area contributed by atoms with Gasteiger partial charge in [0.1, 0.15) is 11.1 Å². The van der Waals surface area contributed by atoms with Gasteiger partial charge in [0.2, 0.25) is 5.91 Å². The fourth-order valence-electron chi connectivity index (χ4n) is 1.52. The molecule has 1 saturated carbocycles. The van der Waals surface area contributed by atoms with E-state index in [4.69, 9.17) is 5.73 Å². The summed E-state index contributed by atoms with van der Waals surface area (Å²) in [5.74, 6) is -0.790. The van der Waals surface area contributed by atoms with Crippen molar-refractivity contribution in [1.82, 2.24) is 5.32 Å². The van der Waals surface area contributed by atoms with Crippen LogP contribution < -0.4 is 11.1 Å². The van der Waals surface area contributed by atoms with E-state index < -0.39 is 21.9 Å². The number of nitrogens with two attached hydrogens (primary N) is 1. The van der Waals surface area contributed by atoms with E-state index in [1.54, 1.807) is 6.92 Å². The summed E-state index contributed by atoms with van der Waals surface area (Å²) in [6.07, 6.45) is 1.93. The molecule has 1 aliphatic rings. The second-order valence-corrected chi connectivity index (χ2v) is 6.15. The lowest BCUT2D eigenvalue weighted by molar-refractivity contribution is -0.120. The molecule has 18 heavy (non-hydrogen) atoms. The molecule has 2 unspecified atom stereocenters. The molecule has 6 heteroatoms. The standard InChI is InChI=1S/C12H15FN2O2S/c1-7(12(16)15-9-3-4-9)18(17)11-6-8(13)2-5-10(11)14/h2,5-7,9H,3-4,14H2,1H3,(H,15,16). The highest BCUT2D eigenvalue weighted by molar-refractivity contribution is 7.86. The molecule has 1 aromatic carbocycles. The van der Waals surface area contributed by atoms with E-state index >= 15 is 0 Å². The maximum absolute atomic E-state index is 13.1. The molecule has 2 rings (SSSR count). The number of hydrogen-bond acceptors (Lipinski definition) is 3. The number of benzene rings is 1. The first kappa shape index (κ1) is 13.0. The molecule has 0 saturated heterocycles. The molecule has 1 aliphatic carbocycles. The Balaban J connectivity index is 2.13. The predicted octanol–water partition coefficient (Wildman–Crippen LogP) is 1.18. The van der Waals surface area contributed by atoms with Crippen molar-refractivity contribution in [3.05, 3.63) is 24.0 Å². The van der Waals surface area contributed by atoms with Crippen molar-refractivity contribution in [2.45, 2.75) is 36.0 Å². The van der Waals surface area contributed by atoms with Gasteiger partial charge in [-0.15, -0.1) is 0 Å². The number of carbonyl (C=O) groups excluding carboxylic acids is 1. The molecule has 98 valence electrons. The van der Waals surface area contributed by atoms with E-state index in [1.165, 1.54) is 12.1 Å². The van der Waals surface area contributed by atoms with Crippen molar-refractivity contribution < 1.29 is 13.4 Å². The Kier molecular flexibility index (Phi) is 3.65. The van der Waals surface area contributed by atoms with Crippen molar-refractivity contribution in [2.75, 3.05) is 5.73 Å². The summed E-state index contributed by atoms with van der Waals surface area (Å²) in [5, 5.41) is 2.03. The Morgan fingerprint density at radius 3 is 2.83 bits per heavy atom. The molecule has 1 amide bonds. The van der Waals surface area contributed by atoms with Crippen LogP contribution in [0.2, 0.25) is 0 Å². The van der Waals surface area contributed by atoms with Crippen molar-refractivity contribution in [3.63, 3.8) is 0 Å². The van der Waals surface area contributed by atoms with Crippen molar-refractivity contribution in [2.24, 2.45) is 0 Å². The monoisotopic (exact) mass is 270 g/mol. The minimum Gasteiger partial charge on any atom is -0.398 e. The van der Waals surface area contributed by atoms with Crippen LogP contribution in [0.4, 0.5) is 10.1 Å². The Hall–Kier alpha value is -1.43. The molecule has 3 N–H and O–H groups in total. The summed E-state index contributed by atoms with van der Waals surface area (Å²) in [7, 11) is -1.65. The molecule has 0 heterocycles. The van der Waals surface area contributed by atoms with Crippen LogP contribution in [0.3, 0.4) is 0 Å². The lowest BCUT2D eigenvalue weighted by Crippen LogP contribution is -2.36. The number of hydrogen-bond donors (Lipinski definition) is 2. The summed E-state index contributed by atoms with van der Waals surface area (Å²) in [6.45, 7) is 1.55. The van der Waals surface area contributed by atoms with Gasteiger partial charge in [0.25, 0.3) is 0 Å². The van der Waals surface area contributed by atoms with Gasteiger partial charge in [0.15, 0.2) is 0 Å². The highest BCUT2D eigenvalue weighted by Crippen LogP contribution is 2.22. The van der Waals surface area contributed by atoms with Crippen LogP contribution in [0.5, 0.6) is 0 Å². The minimum atomic E-state index is -1.65. The number of nitrogen functional groups attached to an aromatic ring is 1. The number of carbonyl (C=O) groups is 1. The third kappa shape index (κ3) is 2.87. The Morgan fingerprint density at radius 1 is 1.56 bits per heavy atom. The maximum Gasteiger partial charge on any atom is 0.236 e. The third-order valence-electron chi connectivity index (χ3n) is 2.81. The number of anilines is 1. The summed E-state index contributed by atoms with van der Waals surface area (Å²) in [4.78, 5) is 11.9. The first-order valence-electron chi connectivity index (χ1n) is 5.75. The first-order valence-corrected chi connectivity index (χ1v) is 6.96. The van der Waals surface area contributed by atoms with E-state index in [0.717, 1.165) is 18.9 Å². The molecule has 2 atom stereocenters. The van der Waals surface area contributed by atoms with E-state index in [-0.39, 0.29) is 22.5 Å². The molecule has 4 nitrogen and oxygen atoms in total. The van der Waals surface area contributed by atoms with Gasteiger partial charge in [0, 0.05) is 11.7 Å². The van der Waals surface area contributed by atoms with Crippen LogP contribution >= 0.6 is 0 Å². The van der Waals surface area contributed by atoms with Crippen LogP contribution in [0, 0.1) is 5.82 Å². The summed E-state index contributed by atoms with van der Waals surface area (Å²) >= 11 is 0. The van der Waals surface area contributed by atoms with Gasteiger partial charge in [-0.2, -0.15) is 0 Å². The van der Waals surface area contributed by atoms with Gasteiger partial charge in [0.05, 0.1) is 15.7 Å². The number of halogens is 1. The van der Waals surface area contributed by atoms with E-state index in [1.807, 2.05) is 0 Å². The summed E-state index contributed by atoms with van der Waals surface area (Å²) in [6, 6.07) is 3.88. The first-order chi connectivity index (χ1) is 8.49. The Morgan fingerprint density at radius 2 is 2.22 bits per heavy atom. The zero-order valence-corrected chi connectivity index (χ0v) is 10.8. The van der Waals surface area contributed by atoms with E-state index in [0.29, 0.717) is 0 Å². The molecule has 0 aliphatic heterocycles. The zero-order valence-electron chi connectivity index (χ0n) is 9.98. The third-order valence-corrected chi connectivity index (χ3v) is 4.45. The average Bonchev–Trinajstić information content (AvgIpc) is 3.14. The molecular weight excluding hydrogens is 255 g/mol. The Bertz CT molecular complexity index is 503. The van der Waals surface area contributed by atoms with Crippen molar-refractivity contribution in [1.29, 1.82) is 0 Å². The molecule has 0 aromatic heterocycles. The molecule has 0 spiro atoms. The largest absolute Gasteiger partial charge is 0.398 e. The van der Waals surface area contributed by atoms with Gasteiger partial charge in [-0.25, -0.2) is 4.39 Å². The van der Waals surface area contributed by atoms with Crippen LogP contribution in [0.1, 0.15) is 19.8 Å². The topological polar surface area (TPSA) is 72.2 Å². The lowest BCUT2D eigenvalue weighted by Gasteiger charge is -2.13. The number of rotatable bonds is 4. The predicted molar refractivity (Wildman–Crippen MR) is 67.8 cm³/mol. The zero-order chi connectivity index (χ0) is 13.3. The van der Waals surface area contributed by atoms with Gasteiger partial charge in [-0.1, -0.05) is 0 Å². The smallest absolute Gasteiger partial charge is 0.236 e. The highest BCUT2D eigenvalue weighted by atomic mass is 32.2. The van der Waals surface area contributed by atoms with Crippen LogP contribution in [0.15, 0.2) is 23.1 Å². The number of amides is 1. The fourth-order valence-corrected chi connectivity index (χ4v) is 2.69. The van der Waals surface area contributed by atoms with E-state index in [2.05, 4.69) is 5.32 Å². The Labute approximate surface area is 107 Å². The molecule has 1 fully saturated rings. The van der Waals surface area contributed by atoms with Crippen LogP contribution in [-0.4, -0.2) is 21.4 Å². The fraction of sp³-hybridized carbons (Fsp3) is 0.417. The summed E-state index contributed by atoms with van der Waals surface area (Å²) in [5.41, 5.74) is 5.89. The second-order valence-electron chi connectivity index (χ2n) is 4.40. The number of nitrogens with one attached hydrogen (secondary N) is 1. The van der Waals surface area contributed by atoms with E-state index in [9.17, 15) is 13.4 Å². The molecular formula is C12H15FN2O2S. The second kappa shape index (κ2) is 5.06. The quantitative estimate of drug-likeness (QED) is 0.807. The van der Waals surface area contributed by atoms with Crippen molar-refractivity contribution in [3.8, 4) is 0 Å². The minimum absolute atomic E-state index is 0.174. The van der Waals surface area contributed by atoms with Gasteiger partial charge >= 0.3 is 0 Å². The van der Waals surface area contributed by atoms with Gasteiger partial charge < -0.3 is 11.1 Å². The molecule has 1 aromatic rings. The average molecular weight is 270 g/mol. The summed E-state index contributed by atoms with van der Waals surface area (Å²) < 4.78 is 25.3. The van der Waals surface area contributed by atoms with Crippen LogP contribution in [0.25, 0.3) is 0 Å². The van der Waals surface area contributed by atoms with Gasteiger partial charge in [-0.05, 0) is 38.0 Å². The van der Waals surface area contributed by atoms with Gasteiger partial charge in [-0.3, -0.25) is 9.00 Å². The van der Waals surface area contributed by atoms with Crippen molar-refractivity contribution >= 4 is 22.4 Å². The SMILES string of the molecule is CC(C(=O)NC1CC1)S(=O)c1cc(F)ccc1N. The molecule has 0 bridgehead atoms.